The molecule has 1 aromatic heterocycles. The van der Waals surface area contributed by atoms with Gasteiger partial charge in [-0.15, -0.1) is 0 Å². The van der Waals surface area contributed by atoms with Gasteiger partial charge in [-0.3, -0.25) is 4.68 Å². The topological polar surface area (TPSA) is 27.1 Å². The molecule has 0 spiro atoms. The zero-order chi connectivity index (χ0) is 11.5. The lowest BCUT2D eigenvalue weighted by molar-refractivity contribution is 0.407. The van der Waals surface area contributed by atoms with Gasteiger partial charge in [-0.25, -0.2) is 0 Å². The Kier molecular flexibility index (Phi) is 2.95. The number of rotatable bonds is 3. The molecular weight excluding hydrogens is 200 g/mol. The smallest absolute Gasteiger partial charge is 0.123 e. The third kappa shape index (κ3) is 2.24. The zero-order valence-electron chi connectivity index (χ0n) is 9.90. The number of aromatic nitrogens is 2. The van der Waals surface area contributed by atoms with Gasteiger partial charge in [0.15, 0.2) is 0 Å². The first-order valence-electron chi connectivity index (χ1n) is 5.31. The second kappa shape index (κ2) is 4.39. The first-order valence-corrected chi connectivity index (χ1v) is 5.31. The Labute approximate surface area is 95.7 Å². The van der Waals surface area contributed by atoms with Crippen LogP contribution in [-0.4, -0.2) is 16.9 Å². The van der Waals surface area contributed by atoms with Gasteiger partial charge in [0, 0.05) is 11.8 Å². The van der Waals surface area contributed by atoms with E-state index < -0.39 is 0 Å². The van der Waals surface area contributed by atoms with Crippen LogP contribution in [0.3, 0.4) is 0 Å². The van der Waals surface area contributed by atoms with E-state index in [9.17, 15) is 0 Å². The molecule has 2 aromatic rings. The van der Waals surface area contributed by atoms with Crippen LogP contribution in [-0.2, 0) is 6.54 Å². The minimum absolute atomic E-state index is 0.749. The molecule has 0 amide bonds. The molecular formula is C13H16N2O. The summed E-state index contributed by atoms with van der Waals surface area (Å²) in [5.41, 5.74) is 3.57. The van der Waals surface area contributed by atoms with Crippen LogP contribution in [0.1, 0.15) is 16.7 Å². The highest BCUT2D eigenvalue weighted by Gasteiger charge is 2.04. The Morgan fingerprint density at radius 2 is 2.06 bits per heavy atom. The monoisotopic (exact) mass is 216 g/mol. The number of hydrogen-bond donors (Lipinski definition) is 0. The molecule has 0 fully saturated rings. The number of aryl methyl sites for hydroxylation is 2. The van der Waals surface area contributed by atoms with Crippen LogP contribution >= 0.6 is 0 Å². The Bertz CT molecular complexity index is 488. The van der Waals surface area contributed by atoms with Crippen LogP contribution in [0.2, 0.25) is 0 Å². The molecule has 0 bridgehead atoms. The minimum Gasteiger partial charge on any atom is -0.496 e. The molecule has 3 nitrogen and oxygen atoms in total. The van der Waals surface area contributed by atoms with Gasteiger partial charge in [0.1, 0.15) is 5.75 Å². The molecule has 3 heteroatoms. The highest BCUT2D eigenvalue weighted by molar-refractivity contribution is 5.36. The van der Waals surface area contributed by atoms with Crippen molar-refractivity contribution < 1.29 is 4.74 Å². The fourth-order valence-corrected chi connectivity index (χ4v) is 1.76. The fraction of sp³-hybridized carbons (Fsp3) is 0.308. The van der Waals surface area contributed by atoms with Crippen molar-refractivity contribution in [1.29, 1.82) is 0 Å². The van der Waals surface area contributed by atoms with E-state index in [1.54, 1.807) is 7.11 Å². The van der Waals surface area contributed by atoms with Crippen LogP contribution in [0, 0.1) is 13.8 Å². The summed E-state index contributed by atoms with van der Waals surface area (Å²) < 4.78 is 7.26. The number of nitrogens with zero attached hydrogens (tertiary/aromatic N) is 2. The van der Waals surface area contributed by atoms with E-state index in [-0.39, 0.29) is 0 Å². The van der Waals surface area contributed by atoms with Crippen LogP contribution < -0.4 is 4.74 Å². The quantitative estimate of drug-likeness (QED) is 0.788. The third-order valence-corrected chi connectivity index (χ3v) is 2.53. The molecule has 0 radical (unpaired) electrons. The first-order chi connectivity index (χ1) is 7.69. The number of hydrogen-bond acceptors (Lipinski definition) is 2. The number of methoxy groups -OCH3 is 1. The first kappa shape index (κ1) is 10.7. The average molecular weight is 216 g/mol. The highest BCUT2D eigenvalue weighted by Crippen LogP contribution is 2.20. The Morgan fingerprint density at radius 3 is 2.69 bits per heavy atom. The molecule has 0 saturated carbocycles. The standard InChI is InChI=1S/C13H16N2O/c1-10-4-5-13(16-3)12(6-10)9-15-8-11(2)7-14-15/h4-8H,9H2,1-3H3. The largest absolute Gasteiger partial charge is 0.496 e. The van der Waals surface area contributed by atoms with Gasteiger partial charge in [-0.1, -0.05) is 17.7 Å². The van der Waals surface area contributed by atoms with Gasteiger partial charge in [0.05, 0.1) is 19.9 Å². The van der Waals surface area contributed by atoms with Crippen LogP contribution in [0.25, 0.3) is 0 Å². The molecule has 16 heavy (non-hydrogen) atoms. The summed E-state index contributed by atoms with van der Waals surface area (Å²) in [6, 6.07) is 6.19. The fourth-order valence-electron chi connectivity index (χ4n) is 1.76. The van der Waals surface area contributed by atoms with Gasteiger partial charge in [0.25, 0.3) is 0 Å². The van der Waals surface area contributed by atoms with E-state index in [2.05, 4.69) is 24.2 Å². The molecule has 0 atom stereocenters. The third-order valence-electron chi connectivity index (χ3n) is 2.53. The van der Waals surface area contributed by atoms with E-state index in [1.165, 1.54) is 11.1 Å². The Balaban J connectivity index is 2.29. The molecule has 0 aliphatic rings. The molecule has 0 aliphatic carbocycles. The van der Waals surface area contributed by atoms with Gasteiger partial charge in [-0.2, -0.15) is 5.10 Å². The van der Waals surface area contributed by atoms with E-state index in [0.717, 1.165) is 17.9 Å². The normalized spacial score (nSPS) is 10.4. The molecule has 1 aromatic carbocycles. The Hall–Kier alpha value is -1.77. The van der Waals surface area contributed by atoms with Crippen molar-refractivity contribution in [3.8, 4) is 5.75 Å². The summed E-state index contributed by atoms with van der Waals surface area (Å²) in [7, 11) is 1.70. The molecule has 0 N–H and O–H groups in total. The summed E-state index contributed by atoms with van der Waals surface area (Å²) in [6.45, 7) is 4.87. The van der Waals surface area contributed by atoms with E-state index in [4.69, 9.17) is 4.74 Å². The van der Waals surface area contributed by atoms with Crippen molar-refractivity contribution >= 4 is 0 Å². The molecule has 0 unspecified atom stereocenters. The lowest BCUT2D eigenvalue weighted by Gasteiger charge is -2.09. The summed E-state index contributed by atoms with van der Waals surface area (Å²) in [4.78, 5) is 0. The molecule has 0 saturated heterocycles. The highest BCUT2D eigenvalue weighted by atomic mass is 16.5. The average Bonchev–Trinajstić information content (AvgIpc) is 2.64. The molecule has 0 aliphatic heterocycles. The lowest BCUT2D eigenvalue weighted by Crippen LogP contribution is -2.02. The van der Waals surface area contributed by atoms with Crippen molar-refractivity contribution in [3.05, 3.63) is 47.3 Å². The van der Waals surface area contributed by atoms with Crippen LogP contribution in [0.15, 0.2) is 30.6 Å². The van der Waals surface area contributed by atoms with Crippen molar-refractivity contribution in [3.63, 3.8) is 0 Å². The van der Waals surface area contributed by atoms with Crippen molar-refractivity contribution in [2.75, 3.05) is 7.11 Å². The maximum absolute atomic E-state index is 5.34. The second-order valence-corrected chi connectivity index (χ2v) is 4.03. The summed E-state index contributed by atoms with van der Waals surface area (Å²) in [6.07, 6.45) is 3.89. The van der Waals surface area contributed by atoms with Crippen molar-refractivity contribution in [2.45, 2.75) is 20.4 Å². The molecule has 2 rings (SSSR count). The van der Waals surface area contributed by atoms with Crippen molar-refractivity contribution in [2.24, 2.45) is 0 Å². The number of ether oxygens (including phenoxy) is 1. The predicted molar refractivity (Wildman–Crippen MR) is 63.8 cm³/mol. The van der Waals surface area contributed by atoms with Gasteiger partial charge in [-0.05, 0) is 25.5 Å². The second-order valence-electron chi connectivity index (χ2n) is 4.03. The molecule has 1 heterocycles. The van der Waals surface area contributed by atoms with Gasteiger partial charge >= 0.3 is 0 Å². The van der Waals surface area contributed by atoms with Gasteiger partial charge in [0.2, 0.25) is 0 Å². The van der Waals surface area contributed by atoms with E-state index in [0.29, 0.717) is 0 Å². The van der Waals surface area contributed by atoms with Crippen molar-refractivity contribution in [1.82, 2.24) is 9.78 Å². The Morgan fingerprint density at radius 1 is 1.25 bits per heavy atom. The zero-order valence-corrected chi connectivity index (χ0v) is 9.90. The number of benzene rings is 1. The summed E-state index contributed by atoms with van der Waals surface area (Å²) >= 11 is 0. The SMILES string of the molecule is COc1ccc(C)cc1Cn1cc(C)cn1. The maximum Gasteiger partial charge on any atom is 0.123 e. The van der Waals surface area contributed by atoms with E-state index in [1.807, 2.05) is 30.1 Å². The predicted octanol–water partition coefficient (Wildman–Crippen LogP) is 2.56. The lowest BCUT2D eigenvalue weighted by atomic mass is 10.1. The summed E-state index contributed by atoms with van der Waals surface area (Å²) in [5, 5.41) is 4.28. The van der Waals surface area contributed by atoms with E-state index >= 15 is 0 Å². The van der Waals surface area contributed by atoms with Gasteiger partial charge < -0.3 is 4.74 Å². The minimum atomic E-state index is 0.749. The maximum atomic E-state index is 5.34. The molecule has 84 valence electrons. The van der Waals surface area contributed by atoms with Crippen LogP contribution in [0.4, 0.5) is 0 Å². The summed E-state index contributed by atoms with van der Waals surface area (Å²) in [5.74, 6) is 0.916. The van der Waals surface area contributed by atoms with Crippen LogP contribution in [0.5, 0.6) is 5.75 Å².